The summed E-state index contributed by atoms with van der Waals surface area (Å²) >= 11 is 0. The Morgan fingerprint density at radius 2 is 0.662 bits per heavy atom. The fourth-order valence-corrected chi connectivity index (χ4v) is 10.0. The molecule has 0 aliphatic rings. The van der Waals surface area contributed by atoms with Gasteiger partial charge >= 0.3 is 11.9 Å². The van der Waals surface area contributed by atoms with Gasteiger partial charge in [-0.15, -0.1) is 0 Å². The maximum absolute atomic E-state index is 12.9. The smallest absolute Gasteiger partial charge is 0.306 e. The molecule has 454 valence electrons. The highest BCUT2D eigenvalue weighted by molar-refractivity contribution is 5.70. The van der Waals surface area contributed by atoms with E-state index in [-0.39, 0.29) is 32.2 Å². The van der Waals surface area contributed by atoms with Crippen molar-refractivity contribution in [3.8, 4) is 0 Å². The quantitative estimate of drug-likeness (QED) is 0.0195. The van der Waals surface area contributed by atoms with E-state index in [1.165, 1.54) is 270 Å². The number of carboxylic acids is 1. The number of aliphatic carboxylic acids is 1. The summed E-state index contributed by atoms with van der Waals surface area (Å²) in [6.45, 7) is 4.81. The summed E-state index contributed by atoms with van der Waals surface area (Å²) in [5.41, 5.74) is 0. The van der Waals surface area contributed by atoms with Gasteiger partial charge in [-0.1, -0.05) is 282 Å². The molecule has 77 heavy (non-hydrogen) atoms. The van der Waals surface area contributed by atoms with Crippen LogP contribution in [0, 0.1) is 0 Å². The molecule has 0 fully saturated rings. The molecule has 0 radical (unpaired) electrons. The van der Waals surface area contributed by atoms with Crippen molar-refractivity contribution >= 4 is 17.9 Å². The van der Waals surface area contributed by atoms with Crippen LogP contribution in [0.25, 0.3) is 0 Å². The number of unbranched alkanes of at least 4 members (excludes halogenated alkanes) is 44. The number of hydrogen-bond acceptors (Lipinski definition) is 8. The van der Waals surface area contributed by atoms with Crippen molar-refractivity contribution in [1.29, 1.82) is 0 Å². The first-order chi connectivity index (χ1) is 37.6. The van der Waals surface area contributed by atoms with Gasteiger partial charge in [0.15, 0.2) is 12.4 Å². The predicted molar refractivity (Wildman–Crippen MR) is 325 cm³/mol. The first kappa shape index (κ1) is 74.8. The molecule has 0 amide bonds. The van der Waals surface area contributed by atoms with Crippen LogP contribution < -0.4 is 5.11 Å². The summed E-state index contributed by atoms with van der Waals surface area (Å²) < 4.78 is 22.8. The molecule has 0 saturated carbocycles. The normalized spacial score (nSPS) is 12.8. The first-order valence-electron chi connectivity index (χ1n) is 33.5. The second-order valence-electron chi connectivity index (χ2n) is 24.1. The largest absolute Gasteiger partial charge is 0.545 e. The van der Waals surface area contributed by atoms with E-state index in [0.717, 1.165) is 38.5 Å². The van der Waals surface area contributed by atoms with E-state index in [1.54, 1.807) is 0 Å². The van der Waals surface area contributed by atoms with Gasteiger partial charge in [-0.3, -0.25) is 9.59 Å². The third kappa shape index (κ3) is 61.2. The van der Waals surface area contributed by atoms with Crippen LogP contribution in [0.3, 0.4) is 0 Å². The van der Waals surface area contributed by atoms with E-state index in [9.17, 15) is 19.5 Å². The topological polar surface area (TPSA) is 111 Å². The van der Waals surface area contributed by atoms with Crippen LogP contribution in [0.4, 0.5) is 0 Å². The summed E-state index contributed by atoms with van der Waals surface area (Å²) in [7, 11) is 5.94. The zero-order valence-electron chi connectivity index (χ0n) is 51.9. The predicted octanol–water partition coefficient (Wildman–Crippen LogP) is 18.9. The Bertz CT molecular complexity index is 1310. The molecule has 0 aromatic rings. The second kappa shape index (κ2) is 59.9. The molecule has 0 N–H and O–H groups in total. The van der Waals surface area contributed by atoms with Crippen molar-refractivity contribution in [2.24, 2.45) is 0 Å². The van der Waals surface area contributed by atoms with Gasteiger partial charge in [0.2, 0.25) is 0 Å². The number of rotatable bonds is 63. The van der Waals surface area contributed by atoms with E-state index < -0.39 is 24.3 Å². The van der Waals surface area contributed by atoms with Crippen molar-refractivity contribution in [2.45, 2.75) is 347 Å². The second-order valence-corrected chi connectivity index (χ2v) is 24.1. The van der Waals surface area contributed by atoms with Crippen molar-refractivity contribution in [1.82, 2.24) is 0 Å². The summed E-state index contributed by atoms with van der Waals surface area (Å²) in [6.07, 6.45) is 69.6. The summed E-state index contributed by atoms with van der Waals surface area (Å²) in [4.78, 5) is 37.4. The van der Waals surface area contributed by atoms with Crippen LogP contribution in [-0.4, -0.2) is 82.3 Å². The third-order valence-electron chi connectivity index (χ3n) is 15.2. The van der Waals surface area contributed by atoms with Crippen molar-refractivity contribution < 1.29 is 42.9 Å². The van der Waals surface area contributed by atoms with Gasteiger partial charge in [0, 0.05) is 12.8 Å². The molecule has 2 atom stereocenters. The lowest BCUT2D eigenvalue weighted by Gasteiger charge is -2.26. The molecule has 9 nitrogen and oxygen atoms in total. The van der Waals surface area contributed by atoms with E-state index in [1.807, 2.05) is 21.1 Å². The average Bonchev–Trinajstić information content (AvgIpc) is 3.40. The Balaban J connectivity index is 4.11. The van der Waals surface area contributed by atoms with Crippen molar-refractivity contribution in [3.63, 3.8) is 0 Å². The zero-order chi connectivity index (χ0) is 56.2. The maximum atomic E-state index is 12.9. The lowest BCUT2D eigenvalue weighted by atomic mass is 10.0. The fraction of sp³-hybridized carbons (Fsp3) is 0.897. The number of likely N-dealkylation sites (N-methyl/N-ethyl adjacent to an activating group) is 1. The molecule has 0 heterocycles. The van der Waals surface area contributed by atoms with E-state index >= 15 is 0 Å². The monoisotopic (exact) mass is 1090 g/mol. The molecule has 2 unspecified atom stereocenters. The van der Waals surface area contributed by atoms with Gasteiger partial charge < -0.3 is 33.3 Å². The average molecular weight is 1090 g/mol. The van der Waals surface area contributed by atoms with Crippen LogP contribution in [0.2, 0.25) is 0 Å². The Morgan fingerprint density at radius 1 is 0.377 bits per heavy atom. The molecular weight excluding hydrogens is 959 g/mol. The van der Waals surface area contributed by atoms with Gasteiger partial charge in [0.25, 0.3) is 0 Å². The van der Waals surface area contributed by atoms with Gasteiger partial charge in [0.05, 0.1) is 40.3 Å². The van der Waals surface area contributed by atoms with Crippen LogP contribution >= 0.6 is 0 Å². The van der Waals surface area contributed by atoms with E-state index in [2.05, 4.69) is 38.2 Å². The number of esters is 2. The molecule has 0 bridgehead atoms. The number of allylic oxidation sites excluding steroid dienone is 4. The molecule has 0 aromatic heterocycles. The number of ether oxygens (including phenoxy) is 4. The lowest BCUT2D eigenvalue weighted by molar-refractivity contribution is -0.870. The molecule has 0 aliphatic heterocycles. The standard InChI is InChI=1S/C68H129NO8/c1-6-8-10-12-14-16-18-20-22-24-26-28-30-32-33-35-37-39-41-43-45-47-49-51-53-55-57-59-66(71)77-64(63-76-68(67(72)73)74-61-60-69(3,4)5)62-75-65(70)58-56-54-52-50-48-46-44-42-40-38-36-34-31-29-27-25-23-21-19-17-15-13-11-9-7-2/h24-27,64,68H,6-23,28-63H2,1-5H3/b26-24-,27-25-. The SMILES string of the molecule is CCCCCCCCCC/C=C\CCCCCCCCCCCCCCCCCC(=O)OC(COC(=O)CCCCCCCCCCCCCCC/C=C\CCCCCCCCCC)COC(OCC[N+](C)(C)C)C(=O)[O-]. The lowest BCUT2D eigenvalue weighted by Crippen LogP contribution is -2.44. The van der Waals surface area contributed by atoms with Crippen molar-refractivity contribution in [2.75, 3.05) is 47.5 Å². The minimum Gasteiger partial charge on any atom is -0.545 e. The number of carboxylic acid groups (broad SMARTS) is 1. The van der Waals surface area contributed by atoms with Gasteiger partial charge in [-0.2, -0.15) is 0 Å². The summed E-state index contributed by atoms with van der Waals surface area (Å²) in [5, 5.41) is 11.8. The van der Waals surface area contributed by atoms with Crippen LogP contribution in [0.1, 0.15) is 335 Å². The zero-order valence-corrected chi connectivity index (χ0v) is 51.9. The highest BCUT2D eigenvalue weighted by Crippen LogP contribution is 2.18. The highest BCUT2D eigenvalue weighted by Gasteiger charge is 2.22. The minimum atomic E-state index is -1.62. The first-order valence-corrected chi connectivity index (χ1v) is 33.5. The molecular formula is C68H129NO8. The third-order valence-corrected chi connectivity index (χ3v) is 15.2. The number of hydrogen-bond donors (Lipinski definition) is 0. The molecule has 0 spiro atoms. The molecule has 0 saturated heterocycles. The van der Waals surface area contributed by atoms with Gasteiger partial charge in [-0.05, 0) is 64.2 Å². The van der Waals surface area contributed by atoms with Crippen molar-refractivity contribution in [3.05, 3.63) is 24.3 Å². The van der Waals surface area contributed by atoms with Crippen LogP contribution in [0.5, 0.6) is 0 Å². The number of carbonyl (C=O) groups is 3. The maximum Gasteiger partial charge on any atom is 0.306 e. The molecule has 0 aromatic carbocycles. The summed E-state index contributed by atoms with van der Waals surface area (Å²) in [6, 6.07) is 0. The Labute approximate surface area is 478 Å². The van der Waals surface area contributed by atoms with Gasteiger partial charge in [0.1, 0.15) is 13.2 Å². The Kier molecular flexibility index (Phi) is 58.1. The van der Waals surface area contributed by atoms with Gasteiger partial charge in [-0.25, -0.2) is 0 Å². The highest BCUT2D eigenvalue weighted by atomic mass is 16.7. The number of nitrogens with zero attached hydrogens (tertiary/aromatic N) is 1. The summed E-state index contributed by atoms with van der Waals surface area (Å²) in [5.74, 6) is -2.26. The fourth-order valence-electron chi connectivity index (χ4n) is 10.0. The number of quaternary nitrogens is 1. The Hall–Kier alpha value is -2.23. The van der Waals surface area contributed by atoms with Crippen LogP contribution in [0.15, 0.2) is 24.3 Å². The molecule has 9 heteroatoms. The number of carbonyl (C=O) groups excluding carboxylic acids is 3. The van der Waals surface area contributed by atoms with E-state index in [0.29, 0.717) is 17.4 Å². The van der Waals surface area contributed by atoms with Crippen LogP contribution in [-0.2, 0) is 33.3 Å². The Morgan fingerprint density at radius 3 is 0.961 bits per heavy atom. The molecule has 0 rings (SSSR count). The minimum absolute atomic E-state index is 0.151. The van der Waals surface area contributed by atoms with E-state index in [4.69, 9.17) is 18.9 Å². The molecule has 0 aliphatic carbocycles.